The van der Waals surface area contributed by atoms with Crippen LogP contribution in [0.15, 0.2) is 6.07 Å². The third-order valence-electron chi connectivity index (χ3n) is 2.33. The highest BCUT2D eigenvalue weighted by Gasteiger charge is 2.12. The van der Waals surface area contributed by atoms with Crippen molar-refractivity contribution in [1.29, 1.82) is 0 Å². The summed E-state index contributed by atoms with van der Waals surface area (Å²) in [6.45, 7) is 5.86. The molecule has 3 aromatic rings. The van der Waals surface area contributed by atoms with E-state index in [4.69, 9.17) is 0 Å². The van der Waals surface area contributed by atoms with Gasteiger partial charge in [-0.15, -0.1) is 15.3 Å². The quantitative estimate of drug-likeness (QED) is 0.636. The fraction of sp³-hybridized carbons (Fsp3) is 0.333. The van der Waals surface area contributed by atoms with Crippen molar-refractivity contribution in [2.75, 3.05) is 0 Å². The number of aromatic nitrogens is 6. The molecule has 7 heteroatoms. The maximum absolute atomic E-state index is 4.43. The Morgan fingerprint density at radius 1 is 1.12 bits per heavy atom. The van der Waals surface area contributed by atoms with Gasteiger partial charge in [0, 0.05) is 5.69 Å². The number of fused-ring (bicyclic) bond motifs is 1. The Morgan fingerprint density at radius 3 is 2.56 bits per heavy atom. The second kappa shape index (κ2) is 3.11. The van der Waals surface area contributed by atoms with E-state index in [-0.39, 0.29) is 0 Å². The molecule has 0 aromatic carbocycles. The van der Waals surface area contributed by atoms with Crippen LogP contribution in [0.5, 0.6) is 0 Å². The van der Waals surface area contributed by atoms with E-state index in [2.05, 4.69) is 20.4 Å². The van der Waals surface area contributed by atoms with Gasteiger partial charge in [-0.1, -0.05) is 11.3 Å². The minimum atomic E-state index is 0.791. The van der Waals surface area contributed by atoms with Crippen molar-refractivity contribution in [3.05, 3.63) is 23.3 Å². The molecule has 0 radical (unpaired) electrons. The zero-order chi connectivity index (χ0) is 11.3. The van der Waals surface area contributed by atoms with Gasteiger partial charge in [-0.25, -0.2) is 4.68 Å². The summed E-state index contributed by atoms with van der Waals surface area (Å²) >= 11 is 1.48. The summed E-state index contributed by atoms with van der Waals surface area (Å²) in [4.78, 5) is 0.792. The zero-order valence-corrected chi connectivity index (χ0v) is 9.99. The minimum Gasteiger partial charge on any atom is -0.209 e. The largest absolute Gasteiger partial charge is 0.236 e. The second-order valence-corrected chi connectivity index (χ2v) is 4.60. The van der Waals surface area contributed by atoms with E-state index in [1.165, 1.54) is 11.3 Å². The van der Waals surface area contributed by atoms with Crippen LogP contribution in [0, 0.1) is 20.8 Å². The van der Waals surface area contributed by atoms with Gasteiger partial charge in [0.25, 0.3) is 0 Å². The summed E-state index contributed by atoms with van der Waals surface area (Å²) < 4.78 is 3.56. The first-order valence-corrected chi connectivity index (χ1v) is 5.69. The summed E-state index contributed by atoms with van der Waals surface area (Å²) in [6.07, 6.45) is 0. The lowest BCUT2D eigenvalue weighted by Gasteiger charge is -1.96. The summed E-state index contributed by atoms with van der Waals surface area (Å²) in [5.41, 5.74) is 2.06. The molecule has 0 N–H and O–H groups in total. The van der Waals surface area contributed by atoms with E-state index in [1.54, 1.807) is 4.52 Å². The van der Waals surface area contributed by atoms with Crippen LogP contribution in [0.25, 0.3) is 10.1 Å². The maximum atomic E-state index is 4.43. The van der Waals surface area contributed by atoms with Gasteiger partial charge in [0.15, 0.2) is 5.82 Å². The second-order valence-electron chi connectivity index (χ2n) is 3.67. The average Bonchev–Trinajstić information content (AvgIpc) is 2.84. The summed E-state index contributed by atoms with van der Waals surface area (Å²) in [5, 5.41) is 17.6. The third-order valence-corrected chi connectivity index (χ3v) is 3.20. The van der Waals surface area contributed by atoms with Crippen LogP contribution in [0.2, 0.25) is 0 Å². The fourth-order valence-corrected chi connectivity index (χ4v) is 2.51. The van der Waals surface area contributed by atoms with Gasteiger partial charge in [-0.05, 0) is 26.8 Å². The van der Waals surface area contributed by atoms with Crippen LogP contribution in [-0.4, -0.2) is 29.6 Å². The molecule has 0 unspecified atom stereocenters. The molecule has 0 saturated carbocycles. The van der Waals surface area contributed by atoms with Crippen molar-refractivity contribution in [3.8, 4) is 5.13 Å². The molecular weight excluding hydrogens is 224 g/mol. The van der Waals surface area contributed by atoms with Crippen molar-refractivity contribution in [2.45, 2.75) is 20.8 Å². The number of hydrogen-bond acceptors (Lipinski definition) is 5. The Kier molecular flexibility index (Phi) is 1.84. The minimum absolute atomic E-state index is 0.791. The molecule has 3 aromatic heterocycles. The number of rotatable bonds is 1. The first-order chi connectivity index (χ1) is 7.65. The van der Waals surface area contributed by atoms with Crippen LogP contribution >= 0.6 is 11.3 Å². The van der Waals surface area contributed by atoms with Crippen molar-refractivity contribution >= 4 is 16.3 Å². The Hall–Kier alpha value is -1.76. The normalized spacial score (nSPS) is 11.4. The standard InChI is InChI=1S/C9H10N6S/c1-5-4-6(2)14(12-5)9-13-15-7(3)10-11-8(15)16-9/h4H,1-3H3. The van der Waals surface area contributed by atoms with Gasteiger partial charge >= 0.3 is 0 Å². The van der Waals surface area contributed by atoms with Crippen LogP contribution < -0.4 is 0 Å². The van der Waals surface area contributed by atoms with Gasteiger partial charge in [0.1, 0.15) is 0 Å². The van der Waals surface area contributed by atoms with E-state index in [1.807, 2.05) is 31.5 Å². The molecule has 3 heterocycles. The SMILES string of the molecule is Cc1cc(C)n(-c2nn3c(C)nnc3s2)n1. The first-order valence-electron chi connectivity index (χ1n) is 4.87. The van der Waals surface area contributed by atoms with E-state index in [0.717, 1.165) is 27.3 Å². The molecular formula is C9H10N6S. The van der Waals surface area contributed by atoms with Crippen molar-refractivity contribution < 1.29 is 0 Å². The van der Waals surface area contributed by atoms with Crippen LogP contribution in [0.4, 0.5) is 0 Å². The van der Waals surface area contributed by atoms with Gasteiger partial charge in [0.2, 0.25) is 10.1 Å². The molecule has 0 saturated heterocycles. The van der Waals surface area contributed by atoms with Gasteiger partial charge in [-0.2, -0.15) is 9.61 Å². The summed E-state index contributed by atoms with van der Waals surface area (Å²) in [6, 6.07) is 2.02. The third kappa shape index (κ3) is 1.25. The van der Waals surface area contributed by atoms with Crippen LogP contribution in [-0.2, 0) is 0 Å². The smallest absolute Gasteiger partial charge is 0.209 e. The summed E-state index contributed by atoms with van der Waals surface area (Å²) in [7, 11) is 0. The predicted octanol–water partition coefficient (Wildman–Crippen LogP) is 1.30. The Morgan fingerprint density at radius 2 is 1.94 bits per heavy atom. The molecule has 16 heavy (non-hydrogen) atoms. The molecule has 0 aliphatic rings. The molecule has 0 aliphatic carbocycles. The maximum Gasteiger partial charge on any atom is 0.236 e. The van der Waals surface area contributed by atoms with E-state index < -0.39 is 0 Å². The van der Waals surface area contributed by atoms with Crippen molar-refractivity contribution in [1.82, 2.24) is 29.6 Å². The topological polar surface area (TPSA) is 60.9 Å². The molecule has 0 spiro atoms. The Labute approximate surface area is 95.5 Å². The zero-order valence-electron chi connectivity index (χ0n) is 9.17. The van der Waals surface area contributed by atoms with E-state index in [9.17, 15) is 0 Å². The molecule has 0 aliphatic heterocycles. The number of hydrogen-bond donors (Lipinski definition) is 0. The summed E-state index contributed by atoms with van der Waals surface area (Å²) in [5.74, 6) is 0.791. The van der Waals surface area contributed by atoms with Crippen LogP contribution in [0.3, 0.4) is 0 Å². The van der Waals surface area contributed by atoms with Gasteiger partial charge in [0.05, 0.1) is 5.69 Å². The highest BCUT2D eigenvalue weighted by atomic mass is 32.1. The molecule has 82 valence electrons. The molecule has 6 nitrogen and oxygen atoms in total. The highest BCUT2D eigenvalue weighted by Crippen LogP contribution is 2.19. The average molecular weight is 234 g/mol. The lowest BCUT2D eigenvalue weighted by Crippen LogP contribution is -2.00. The van der Waals surface area contributed by atoms with Crippen molar-refractivity contribution in [3.63, 3.8) is 0 Å². The molecule has 0 fully saturated rings. The molecule has 0 bridgehead atoms. The van der Waals surface area contributed by atoms with Crippen LogP contribution in [0.1, 0.15) is 17.2 Å². The highest BCUT2D eigenvalue weighted by molar-refractivity contribution is 7.18. The fourth-order valence-electron chi connectivity index (χ4n) is 1.61. The lowest BCUT2D eigenvalue weighted by atomic mass is 10.4. The monoisotopic (exact) mass is 234 g/mol. The molecule has 0 amide bonds. The van der Waals surface area contributed by atoms with E-state index >= 15 is 0 Å². The predicted molar refractivity (Wildman–Crippen MR) is 60.0 cm³/mol. The lowest BCUT2D eigenvalue weighted by molar-refractivity contribution is 0.782. The van der Waals surface area contributed by atoms with Gasteiger partial charge in [-0.3, -0.25) is 0 Å². The number of nitrogens with zero attached hydrogens (tertiary/aromatic N) is 6. The molecule has 3 rings (SSSR count). The Bertz CT molecular complexity index is 661. The Balaban J connectivity index is 2.22. The van der Waals surface area contributed by atoms with Crippen molar-refractivity contribution in [2.24, 2.45) is 0 Å². The molecule has 0 atom stereocenters. The first kappa shape index (κ1) is 9.46. The number of aryl methyl sites for hydroxylation is 3. The van der Waals surface area contributed by atoms with E-state index in [0.29, 0.717) is 0 Å². The van der Waals surface area contributed by atoms with Gasteiger partial charge < -0.3 is 0 Å².